The molecule has 0 unspecified atom stereocenters. The van der Waals surface area contributed by atoms with Gasteiger partial charge >= 0.3 is 0 Å². The van der Waals surface area contributed by atoms with E-state index in [-0.39, 0.29) is 6.61 Å². The summed E-state index contributed by atoms with van der Waals surface area (Å²) in [4.78, 5) is 11.6. The van der Waals surface area contributed by atoms with Crippen LogP contribution < -0.4 is 10.3 Å². The van der Waals surface area contributed by atoms with Gasteiger partial charge in [0.2, 0.25) is 0 Å². The summed E-state index contributed by atoms with van der Waals surface area (Å²) in [5, 5.41) is 8.92. The van der Waals surface area contributed by atoms with E-state index in [2.05, 4.69) is 0 Å². The molecule has 1 aliphatic rings. The standard InChI is InChI=1S/C14H9FN2O2/c1-17-12-7-19-13-3-2-8(6-16)4-10(13)9(12)5-11(15)14(17)18/h2-5H,7H2,1H3. The maximum atomic E-state index is 13.6. The van der Waals surface area contributed by atoms with Crippen LogP contribution in [0.3, 0.4) is 0 Å². The van der Waals surface area contributed by atoms with Gasteiger partial charge in [0.1, 0.15) is 12.4 Å². The second-order valence-electron chi connectivity index (χ2n) is 4.33. The molecule has 0 fully saturated rings. The number of aromatic nitrogens is 1. The number of benzene rings is 1. The van der Waals surface area contributed by atoms with Crippen molar-refractivity contribution in [2.24, 2.45) is 7.05 Å². The van der Waals surface area contributed by atoms with E-state index in [0.717, 1.165) is 0 Å². The van der Waals surface area contributed by atoms with Crippen LogP contribution in [0.1, 0.15) is 11.3 Å². The monoisotopic (exact) mass is 256 g/mol. The summed E-state index contributed by atoms with van der Waals surface area (Å²) in [6, 6.07) is 8.20. The number of nitrogens with zero attached hydrogens (tertiary/aromatic N) is 2. The van der Waals surface area contributed by atoms with Crippen LogP contribution in [-0.4, -0.2) is 4.57 Å². The van der Waals surface area contributed by atoms with Crippen LogP contribution in [0.2, 0.25) is 0 Å². The highest BCUT2D eigenvalue weighted by molar-refractivity contribution is 5.75. The third-order valence-electron chi connectivity index (χ3n) is 3.26. The minimum atomic E-state index is -0.809. The van der Waals surface area contributed by atoms with Gasteiger partial charge < -0.3 is 9.30 Å². The van der Waals surface area contributed by atoms with E-state index in [1.165, 1.54) is 17.7 Å². The van der Waals surface area contributed by atoms with Crippen molar-refractivity contribution in [3.8, 4) is 22.9 Å². The molecule has 0 aliphatic carbocycles. The van der Waals surface area contributed by atoms with Gasteiger partial charge in [-0.1, -0.05) is 0 Å². The van der Waals surface area contributed by atoms with Crippen molar-refractivity contribution in [2.75, 3.05) is 0 Å². The van der Waals surface area contributed by atoms with E-state index in [1.54, 1.807) is 18.2 Å². The highest BCUT2D eigenvalue weighted by Gasteiger charge is 2.22. The number of rotatable bonds is 0. The van der Waals surface area contributed by atoms with E-state index in [9.17, 15) is 9.18 Å². The fraction of sp³-hybridized carbons (Fsp3) is 0.143. The summed E-state index contributed by atoms with van der Waals surface area (Å²) >= 11 is 0. The van der Waals surface area contributed by atoms with Crippen molar-refractivity contribution in [3.63, 3.8) is 0 Å². The molecule has 5 heteroatoms. The average Bonchev–Trinajstić information content (AvgIpc) is 2.44. The zero-order chi connectivity index (χ0) is 13.6. The Kier molecular flexibility index (Phi) is 2.39. The van der Waals surface area contributed by atoms with E-state index in [1.807, 2.05) is 6.07 Å². The minimum absolute atomic E-state index is 0.209. The maximum absolute atomic E-state index is 13.6. The van der Waals surface area contributed by atoms with Gasteiger partial charge in [-0.25, -0.2) is 4.39 Å². The van der Waals surface area contributed by atoms with Gasteiger partial charge in [0.05, 0.1) is 17.3 Å². The second kappa shape index (κ2) is 3.95. The van der Waals surface area contributed by atoms with Crippen LogP contribution in [0.15, 0.2) is 29.1 Å². The van der Waals surface area contributed by atoms with Crippen LogP contribution in [0.4, 0.5) is 4.39 Å². The molecule has 3 rings (SSSR count). The number of hydrogen-bond donors (Lipinski definition) is 0. The molecule has 0 amide bonds. The third-order valence-corrected chi connectivity index (χ3v) is 3.26. The maximum Gasteiger partial charge on any atom is 0.286 e. The van der Waals surface area contributed by atoms with Crippen LogP contribution in [0, 0.1) is 17.1 Å². The summed E-state index contributed by atoms with van der Waals surface area (Å²) < 4.78 is 20.4. The molecular formula is C14H9FN2O2. The first-order valence-electron chi connectivity index (χ1n) is 5.67. The van der Waals surface area contributed by atoms with Crippen LogP contribution >= 0.6 is 0 Å². The topological polar surface area (TPSA) is 55.0 Å². The van der Waals surface area contributed by atoms with Gasteiger partial charge in [0, 0.05) is 18.2 Å². The summed E-state index contributed by atoms with van der Waals surface area (Å²) in [6.07, 6.45) is 0. The SMILES string of the molecule is Cn1c2c(cc(F)c1=O)-c1cc(C#N)ccc1OC2. The lowest BCUT2D eigenvalue weighted by molar-refractivity contribution is 0.290. The van der Waals surface area contributed by atoms with E-state index in [4.69, 9.17) is 10.00 Å². The Balaban J connectivity index is 2.35. The Hall–Kier alpha value is -2.61. The molecule has 0 N–H and O–H groups in total. The molecule has 0 radical (unpaired) electrons. The van der Waals surface area contributed by atoms with Crippen molar-refractivity contribution in [3.05, 3.63) is 51.7 Å². The molecule has 2 heterocycles. The third kappa shape index (κ3) is 1.61. The highest BCUT2D eigenvalue weighted by Crippen LogP contribution is 2.37. The van der Waals surface area contributed by atoms with Crippen LogP contribution in [0.25, 0.3) is 11.1 Å². The van der Waals surface area contributed by atoms with E-state index >= 15 is 0 Å². The Morgan fingerprint density at radius 3 is 2.89 bits per heavy atom. The normalized spacial score (nSPS) is 12.1. The largest absolute Gasteiger partial charge is 0.487 e. The van der Waals surface area contributed by atoms with Gasteiger partial charge in [-0.2, -0.15) is 5.26 Å². The lowest BCUT2D eigenvalue weighted by Gasteiger charge is -2.22. The predicted molar refractivity (Wildman–Crippen MR) is 66.1 cm³/mol. The van der Waals surface area contributed by atoms with Crippen molar-refractivity contribution in [1.29, 1.82) is 5.26 Å². The second-order valence-corrected chi connectivity index (χ2v) is 4.33. The Morgan fingerprint density at radius 1 is 1.37 bits per heavy atom. The molecular weight excluding hydrogens is 247 g/mol. The molecule has 0 saturated carbocycles. The molecule has 0 bridgehead atoms. The summed E-state index contributed by atoms with van der Waals surface area (Å²) in [7, 11) is 1.51. The first-order chi connectivity index (χ1) is 9.11. The zero-order valence-electron chi connectivity index (χ0n) is 10.1. The lowest BCUT2D eigenvalue weighted by Crippen LogP contribution is -2.26. The van der Waals surface area contributed by atoms with Crippen molar-refractivity contribution in [1.82, 2.24) is 4.57 Å². The Morgan fingerprint density at radius 2 is 2.16 bits per heavy atom. The molecule has 1 aromatic heterocycles. The fourth-order valence-electron chi connectivity index (χ4n) is 2.22. The fourth-order valence-corrected chi connectivity index (χ4v) is 2.22. The number of hydrogen-bond acceptors (Lipinski definition) is 3. The molecule has 19 heavy (non-hydrogen) atoms. The van der Waals surface area contributed by atoms with Crippen molar-refractivity contribution >= 4 is 0 Å². The van der Waals surface area contributed by atoms with Crippen molar-refractivity contribution < 1.29 is 9.13 Å². The molecule has 94 valence electrons. The molecule has 0 saturated heterocycles. The van der Waals surface area contributed by atoms with Gasteiger partial charge in [-0.05, 0) is 24.3 Å². The van der Waals surface area contributed by atoms with Crippen LogP contribution in [-0.2, 0) is 13.7 Å². The van der Waals surface area contributed by atoms with E-state index < -0.39 is 11.4 Å². The summed E-state index contributed by atoms with van der Waals surface area (Å²) in [5.74, 6) is -0.221. The van der Waals surface area contributed by atoms with Gasteiger partial charge in [0.25, 0.3) is 5.56 Å². The minimum Gasteiger partial charge on any atom is -0.487 e. The van der Waals surface area contributed by atoms with Gasteiger partial charge in [0.15, 0.2) is 5.82 Å². The number of pyridine rings is 1. The zero-order valence-corrected chi connectivity index (χ0v) is 10.1. The number of ether oxygens (including phenoxy) is 1. The molecule has 1 aromatic carbocycles. The number of fused-ring (bicyclic) bond motifs is 3. The Labute approximate surface area is 108 Å². The average molecular weight is 256 g/mol. The first-order valence-corrected chi connectivity index (χ1v) is 5.67. The van der Waals surface area contributed by atoms with Gasteiger partial charge in [-0.3, -0.25) is 4.79 Å². The molecule has 1 aliphatic heterocycles. The quantitative estimate of drug-likeness (QED) is 0.724. The molecule has 0 atom stereocenters. The lowest BCUT2D eigenvalue weighted by atomic mass is 9.98. The van der Waals surface area contributed by atoms with Crippen molar-refractivity contribution in [2.45, 2.75) is 6.61 Å². The molecule has 4 nitrogen and oxygen atoms in total. The van der Waals surface area contributed by atoms with Gasteiger partial charge in [-0.15, -0.1) is 0 Å². The highest BCUT2D eigenvalue weighted by atomic mass is 19.1. The first kappa shape index (κ1) is 11.5. The molecule has 2 aromatic rings. The number of nitriles is 1. The van der Waals surface area contributed by atoms with E-state index in [0.29, 0.717) is 28.1 Å². The number of halogens is 1. The smallest absolute Gasteiger partial charge is 0.286 e. The predicted octanol–water partition coefficient (Wildman–Crippen LogP) is 1.96. The molecule has 0 spiro atoms. The summed E-state index contributed by atoms with van der Waals surface area (Å²) in [5.41, 5.74) is 1.62. The summed E-state index contributed by atoms with van der Waals surface area (Å²) in [6.45, 7) is 0.209. The Bertz CT molecular complexity index is 787. The van der Waals surface area contributed by atoms with Crippen LogP contribution in [0.5, 0.6) is 5.75 Å².